The summed E-state index contributed by atoms with van der Waals surface area (Å²) in [5.74, 6) is 1.56. The van der Waals surface area contributed by atoms with Crippen molar-refractivity contribution in [2.24, 2.45) is 5.92 Å². The van der Waals surface area contributed by atoms with Crippen LogP contribution < -0.4 is 5.32 Å². The van der Waals surface area contributed by atoms with Crippen LogP contribution in [0.5, 0.6) is 0 Å². The summed E-state index contributed by atoms with van der Waals surface area (Å²) in [4.78, 5) is 8.92. The number of hydrogen-bond donors (Lipinski definition) is 1. The van der Waals surface area contributed by atoms with Crippen molar-refractivity contribution in [2.75, 3.05) is 19.8 Å². The maximum atomic E-state index is 5.37. The second kappa shape index (κ2) is 6.67. The van der Waals surface area contributed by atoms with Crippen LogP contribution in [0.4, 0.5) is 0 Å². The number of aromatic nitrogens is 2. The van der Waals surface area contributed by atoms with Crippen molar-refractivity contribution in [3.8, 4) is 0 Å². The van der Waals surface area contributed by atoms with Gasteiger partial charge in [0, 0.05) is 32.4 Å². The van der Waals surface area contributed by atoms with Crippen LogP contribution in [-0.4, -0.2) is 29.7 Å². The van der Waals surface area contributed by atoms with Gasteiger partial charge in [-0.25, -0.2) is 9.97 Å². The molecule has 0 aromatic carbocycles. The smallest absolute Gasteiger partial charge is 0.128 e. The third-order valence-electron chi connectivity index (χ3n) is 2.99. The van der Waals surface area contributed by atoms with Gasteiger partial charge in [0.15, 0.2) is 0 Å². The van der Waals surface area contributed by atoms with E-state index < -0.39 is 0 Å². The van der Waals surface area contributed by atoms with E-state index in [4.69, 9.17) is 4.74 Å². The molecule has 94 valence electrons. The highest BCUT2D eigenvalue weighted by Crippen LogP contribution is 2.16. The fraction of sp³-hybridized carbons (Fsp3) is 0.692. The zero-order chi connectivity index (χ0) is 11.9. The van der Waals surface area contributed by atoms with Gasteiger partial charge in [0.2, 0.25) is 0 Å². The van der Waals surface area contributed by atoms with Gasteiger partial charge in [0.1, 0.15) is 5.82 Å². The quantitative estimate of drug-likeness (QED) is 0.760. The van der Waals surface area contributed by atoms with Gasteiger partial charge in [-0.15, -0.1) is 0 Å². The molecule has 0 aliphatic carbocycles. The number of hydrogen-bond acceptors (Lipinski definition) is 4. The van der Waals surface area contributed by atoms with Gasteiger partial charge in [-0.05, 0) is 31.4 Å². The van der Waals surface area contributed by atoms with Gasteiger partial charge in [0.25, 0.3) is 0 Å². The molecule has 1 atom stereocenters. The van der Waals surface area contributed by atoms with Crippen LogP contribution in [0.1, 0.15) is 31.3 Å². The Morgan fingerprint density at radius 3 is 3.24 bits per heavy atom. The minimum absolute atomic E-state index is 0.605. The topological polar surface area (TPSA) is 47.0 Å². The highest BCUT2D eigenvalue weighted by atomic mass is 16.5. The molecule has 0 radical (unpaired) electrons. The molecule has 1 N–H and O–H groups in total. The van der Waals surface area contributed by atoms with Crippen LogP contribution in [-0.2, 0) is 17.7 Å². The number of nitrogens with one attached hydrogen (secondary N) is 1. The Kier molecular flexibility index (Phi) is 4.88. The van der Waals surface area contributed by atoms with Crippen molar-refractivity contribution < 1.29 is 4.74 Å². The maximum Gasteiger partial charge on any atom is 0.128 e. The van der Waals surface area contributed by atoms with E-state index in [1.807, 2.05) is 12.3 Å². The summed E-state index contributed by atoms with van der Waals surface area (Å²) in [7, 11) is 0. The molecule has 17 heavy (non-hydrogen) atoms. The van der Waals surface area contributed by atoms with E-state index in [1.165, 1.54) is 0 Å². The van der Waals surface area contributed by atoms with Crippen LogP contribution >= 0.6 is 0 Å². The Bertz CT molecular complexity index is 337. The molecule has 4 heteroatoms. The molecule has 0 saturated carbocycles. The molecular weight excluding hydrogens is 214 g/mol. The van der Waals surface area contributed by atoms with Crippen LogP contribution in [0.3, 0.4) is 0 Å². The predicted octanol–water partition coefficient (Wildman–Crippen LogP) is 1.56. The molecule has 1 aromatic heterocycles. The molecule has 1 aliphatic heterocycles. The van der Waals surface area contributed by atoms with Crippen molar-refractivity contribution in [2.45, 2.75) is 32.7 Å². The first-order valence-corrected chi connectivity index (χ1v) is 6.47. The van der Waals surface area contributed by atoms with Crippen LogP contribution in [0.15, 0.2) is 12.3 Å². The predicted molar refractivity (Wildman–Crippen MR) is 66.7 cm³/mol. The SMILES string of the molecule is CCCNCc1ccnc(CC2CCOC2)n1. The van der Waals surface area contributed by atoms with Gasteiger partial charge in [-0.2, -0.15) is 0 Å². The van der Waals surface area contributed by atoms with Gasteiger partial charge in [-0.1, -0.05) is 6.92 Å². The first-order valence-electron chi connectivity index (χ1n) is 6.47. The van der Waals surface area contributed by atoms with Crippen LogP contribution in [0, 0.1) is 5.92 Å². The molecule has 2 heterocycles. The summed E-state index contributed by atoms with van der Waals surface area (Å²) in [6.07, 6.45) is 5.10. The monoisotopic (exact) mass is 235 g/mol. The lowest BCUT2D eigenvalue weighted by molar-refractivity contribution is 0.185. The molecule has 1 unspecified atom stereocenters. The van der Waals surface area contributed by atoms with E-state index in [0.717, 1.165) is 57.1 Å². The molecular formula is C13H21N3O. The van der Waals surface area contributed by atoms with Crippen molar-refractivity contribution in [1.82, 2.24) is 15.3 Å². The summed E-state index contributed by atoms with van der Waals surface area (Å²) in [6, 6.07) is 1.98. The summed E-state index contributed by atoms with van der Waals surface area (Å²) in [6.45, 7) is 5.79. The fourth-order valence-corrected chi connectivity index (χ4v) is 2.03. The number of ether oxygens (including phenoxy) is 1. The normalized spacial score (nSPS) is 19.7. The zero-order valence-corrected chi connectivity index (χ0v) is 10.5. The summed E-state index contributed by atoms with van der Waals surface area (Å²) in [5, 5.41) is 3.36. The molecule has 1 saturated heterocycles. The first-order chi connectivity index (χ1) is 8.38. The highest BCUT2D eigenvalue weighted by Gasteiger charge is 2.17. The molecule has 0 spiro atoms. The molecule has 0 bridgehead atoms. The standard InChI is InChI=1S/C13H21N3O/c1-2-5-14-9-12-3-6-15-13(16-12)8-11-4-7-17-10-11/h3,6,11,14H,2,4-5,7-10H2,1H3. The second-order valence-corrected chi connectivity index (χ2v) is 4.57. The molecule has 0 amide bonds. The minimum Gasteiger partial charge on any atom is -0.381 e. The van der Waals surface area contributed by atoms with Crippen LogP contribution in [0.2, 0.25) is 0 Å². The summed E-state index contributed by atoms with van der Waals surface area (Å²) < 4.78 is 5.37. The summed E-state index contributed by atoms with van der Waals surface area (Å²) in [5.41, 5.74) is 1.09. The van der Waals surface area contributed by atoms with Gasteiger partial charge in [0.05, 0.1) is 5.69 Å². The lowest BCUT2D eigenvalue weighted by Crippen LogP contribution is -2.16. The van der Waals surface area contributed by atoms with Gasteiger partial charge < -0.3 is 10.1 Å². The molecule has 4 nitrogen and oxygen atoms in total. The average molecular weight is 235 g/mol. The van der Waals surface area contributed by atoms with E-state index in [1.54, 1.807) is 0 Å². The number of nitrogens with zero attached hydrogens (tertiary/aromatic N) is 2. The summed E-state index contributed by atoms with van der Waals surface area (Å²) >= 11 is 0. The zero-order valence-electron chi connectivity index (χ0n) is 10.5. The minimum atomic E-state index is 0.605. The van der Waals surface area contributed by atoms with Crippen molar-refractivity contribution in [1.29, 1.82) is 0 Å². The molecule has 1 aromatic rings. The Morgan fingerprint density at radius 1 is 1.53 bits per heavy atom. The lowest BCUT2D eigenvalue weighted by atomic mass is 10.0. The van der Waals surface area contributed by atoms with E-state index in [-0.39, 0.29) is 0 Å². The van der Waals surface area contributed by atoms with Crippen molar-refractivity contribution in [3.05, 3.63) is 23.8 Å². The second-order valence-electron chi connectivity index (χ2n) is 4.57. The fourth-order valence-electron chi connectivity index (χ4n) is 2.03. The van der Waals surface area contributed by atoms with Gasteiger partial charge in [-0.3, -0.25) is 0 Å². The lowest BCUT2D eigenvalue weighted by Gasteiger charge is -2.07. The van der Waals surface area contributed by atoms with Gasteiger partial charge >= 0.3 is 0 Å². The molecule has 1 fully saturated rings. The Labute approximate surface area is 103 Å². The van der Waals surface area contributed by atoms with E-state index in [2.05, 4.69) is 22.2 Å². The Balaban J connectivity index is 1.86. The average Bonchev–Trinajstić information content (AvgIpc) is 2.83. The van der Waals surface area contributed by atoms with Crippen molar-refractivity contribution >= 4 is 0 Å². The first kappa shape index (κ1) is 12.5. The highest BCUT2D eigenvalue weighted by molar-refractivity contribution is 5.03. The van der Waals surface area contributed by atoms with Crippen molar-refractivity contribution in [3.63, 3.8) is 0 Å². The van der Waals surface area contributed by atoms with E-state index >= 15 is 0 Å². The number of rotatable bonds is 6. The third kappa shape index (κ3) is 4.06. The van der Waals surface area contributed by atoms with E-state index in [0.29, 0.717) is 5.92 Å². The van der Waals surface area contributed by atoms with Crippen LogP contribution in [0.25, 0.3) is 0 Å². The Morgan fingerprint density at radius 2 is 2.47 bits per heavy atom. The largest absolute Gasteiger partial charge is 0.381 e. The van der Waals surface area contributed by atoms with E-state index in [9.17, 15) is 0 Å². The molecule has 2 rings (SSSR count). The Hall–Kier alpha value is -1.00. The third-order valence-corrected chi connectivity index (χ3v) is 2.99. The maximum absolute atomic E-state index is 5.37. The molecule has 1 aliphatic rings.